The van der Waals surface area contributed by atoms with Gasteiger partial charge in [0.25, 0.3) is 0 Å². The summed E-state index contributed by atoms with van der Waals surface area (Å²) in [4.78, 5) is 0. The van der Waals surface area contributed by atoms with Crippen molar-refractivity contribution in [3.8, 4) is 0 Å². The lowest BCUT2D eigenvalue weighted by molar-refractivity contribution is 0.0612. The monoisotopic (exact) mass is 139 g/mol. The van der Waals surface area contributed by atoms with Crippen molar-refractivity contribution < 1.29 is 4.74 Å². The van der Waals surface area contributed by atoms with Crippen LogP contribution in [0.15, 0.2) is 24.8 Å². The number of hydrogen-bond acceptors (Lipinski definition) is 2. The molecule has 1 saturated heterocycles. The molecule has 1 aliphatic heterocycles. The van der Waals surface area contributed by atoms with E-state index in [0.717, 1.165) is 12.0 Å². The zero-order valence-electron chi connectivity index (χ0n) is 6.05. The molecule has 0 radical (unpaired) electrons. The predicted molar refractivity (Wildman–Crippen MR) is 41.7 cm³/mol. The van der Waals surface area contributed by atoms with Crippen LogP contribution in [0.1, 0.15) is 6.42 Å². The fourth-order valence-electron chi connectivity index (χ4n) is 1.09. The first-order valence-corrected chi connectivity index (χ1v) is 3.40. The third-order valence-corrected chi connectivity index (χ3v) is 1.66. The highest BCUT2D eigenvalue weighted by molar-refractivity contribution is 5.06. The van der Waals surface area contributed by atoms with Gasteiger partial charge in [-0.1, -0.05) is 18.2 Å². The van der Waals surface area contributed by atoms with Gasteiger partial charge in [-0.05, 0) is 6.42 Å². The van der Waals surface area contributed by atoms with Crippen molar-refractivity contribution in [1.29, 1.82) is 0 Å². The van der Waals surface area contributed by atoms with Crippen molar-refractivity contribution in [3.05, 3.63) is 24.8 Å². The van der Waals surface area contributed by atoms with E-state index in [4.69, 9.17) is 10.5 Å². The van der Waals surface area contributed by atoms with Crippen LogP contribution in [-0.4, -0.2) is 18.8 Å². The average molecular weight is 139 g/mol. The van der Waals surface area contributed by atoms with E-state index in [1.54, 1.807) is 6.08 Å². The maximum Gasteiger partial charge on any atom is 0.0911 e. The van der Waals surface area contributed by atoms with Crippen molar-refractivity contribution in [1.82, 2.24) is 0 Å². The zero-order valence-corrected chi connectivity index (χ0v) is 6.05. The first kappa shape index (κ1) is 7.51. The van der Waals surface area contributed by atoms with Crippen LogP contribution in [0.5, 0.6) is 0 Å². The van der Waals surface area contributed by atoms with Gasteiger partial charge in [0.1, 0.15) is 0 Å². The first-order chi connectivity index (χ1) is 4.74. The minimum Gasteiger partial charge on any atom is -0.368 e. The molecule has 0 saturated carbocycles. The van der Waals surface area contributed by atoms with Crippen LogP contribution in [0.3, 0.4) is 0 Å². The molecule has 0 aromatic carbocycles. The van der Waals surface area contributed by atoms with Gasteiger partial charge < -0.3 is 10.5 Å². The minimum atomic E-state index is 0.0190. The Morgan fingerprint density at radius 1 is 1.70 bits per heavy atom. The van der Waals surface area contributed by atoms with E-state index in [1.807, 2.05) is 0 Å². The van der Waals surface area contributed by atoms with Gasteiger partial charge >= 0.3 is 0 Å². The molecule has 2 nitrogen and oxygen atoms in total. The summed E-state index contributed by atoms with van der Waals surface area (Å²) in [5, 5.41) is 0. The second kappa shape index (κ2) is 2.99. The van der Waals surface area contributed by atoms with Gasteiger partial charge in [-0.15, -0.1) is 6.58 Å². The number of nitrogens with two attached hydrogens (primary N) is 1. The van der Waals surface area contributed by atoms with E-state index in [-0.39, 0.29) is 12.1 Å². The summed E-state index contributed by atoms with van der Waals surface area (Å²) in [6, 6.07) is 0.0544. The van der Waals surface area contributed by atoms with Gasteiger partial charge in [0.05, 0.1) is 12.7 Å². The first-order valence-electron chi connectivity index (χ1n) is 3.40. The van der Waals surface area contributed by atoms with Gasteiger partial charge in [0.2, 0.25) is 0 Å². The highest BCUT2D eigenvalue weighted by Gasteiger charge is 2.20. The molecule has 1 rings (SSSR count). The second-order valence-corrected chi connectivity index (χ2v) is 2.63. The third-order valence-electron chi connectivity index (χ3n) is 1.66. The molecule has 2 heteroatoms. The van der Waals surface area contributed by atoms with Gasteiger partial charge in [-0.2, -0.15) is 0 Å². The smallest absolute Gasteiger partial charge is 0.0911 e. The molecule has 0 bridgehead atoms. The fourth-order valence-corrected chi connectivity index (χ4v) is 1.09. The summed E-state index contributed by atoms with van der Waals surface area (Å²) < 4.78 is 5.31. The molecule has 1 heterocycles. The summed E-state index contributed by atoms with van der Waals surface area (Å²) in [7, 11) is 0. The molecule has 2 atom stereocenters. The minimum absolute atomic E-state index is 0.0190. The van der Waals surface area contributed by atoms with Crippen LogP contribution in [0.4, 0.5) is 0 Å². The largest absolute Gasteiger partial charge is 0.368 e. The van der Waals surface area contributed by atoms with E-state index in [0.29, 0.717) is 6.61 Å². The summed E-state index contributed by atoms with van der Waals surface area (Å²) in [6.45, 7) is 8.05. The quantitative estimate of drug-likeness (QED) is 0.546. The molecular formula is C8H13NO. The van der Waals surface area contributed by atoms with Crippen LogP contribution in [0, 0.1) is 0 Å². The Labute approximate surface area is 61.4 Å². The van der Waals surface area contributed by atoms with E-state index in [2.05, 4.69) is 13.2 Å². The topological polar surface area (TPSA) is 35.2 Å². The Balaban J connectivity index is 2.50. The molecule has 1 aliphatic rings. The summed E-state index contributed by atoms with van der Waals surface area (Å²) in [5.74, 6) is 0. The second-order valence-electron chi connectivity index (χ2n) is 2.63. The van der Waals surface area contributed by atoms with Crippen molar-refractivity contribution in [2.45, 2.75) is 18.6 Å². The van der Waals surface area contributed by atoms with Crippen molar-refractivity contribution in [2.75, 3.05) is 6.61 Å². The van der Waals surface area contributed by atoms with Gasteiger partial charge in [0.15, 0.2) is 0 Å². The molecule has 0 aliphatic carbocycles. The summed E-state index contributed by atoms with van der Waals surface area (Å²) >= 11 is 0. The molecule has 2 unspecified atom stereocenters. The zero-order chi connectivity index (χ0) is 7.56. The van der Waals surface area contributed by atoms with E-state index in [9.17, 15) is 0 Å². The Morgan fingerprint density at radius 3 is 2.90 bits per heavy atom. The highest BCUT2D eigenvalue weighted by atomic mass is 16.5. The molecule has 0 aromatic rings. The van der Waals surface area contributed by atoms with Crippen molar-refractivity contribution in [2.24, 2.45) is 5.73 Å². The number of hydrogen-bond donors (Lipinski definition) is 1. The van der Waals surface area contributed by atoms with E-state index >= 15 is 0 Å². The molecule has 1 fully saturated rings. The third kappa shape index (κ3) is 1.46. The fraction of sp³-hybridized carbons (Fsp3) is 0.500. The Hall–Kier alpha value is -0.600. The lowest BCUT2D eigenvalue weighted by Gasteiger charge is -2.27. The molecular weight excluding hydrogens is 126 g/mol. The van der Waals surface area contributed by atoms with Crippen LogP contribution >= 0.6 is 0 Å². The molecule has 0 amide bonds. The van der Waals surface area contributed by atoms with E-state index < -0.39 is 0 Å². The Morgan fingerprint density at radius 2 is 2.40 bits per heavy atom. The van der Waals surface area contributed by atoms with Gasteiger partial charge in [0, 0.05) is 6.04 Å². The SMILES string of the molecule is C=CC1OCC(=C)CC1N. The number of rotatable bonds is 1. The van der Waals surface area contributed by atoms with Crippen LogP contribution in [-0.2, 0) is 4.74 Å². The van der Waals surface area contributed by atoms with Crippen molar-refractivity contribution in [3.63, 3.8) is 0 Å². The van der Waals surface area contributed by atoms with Crippen molar-refractivity contribution >= 4 is 0 Å². The lowest BCUT2D eigenvalue weighted by atomic mass is 10.0. The normalized spacial score (nSPS) is 33.9. The van der Waals surface area contributed by atoms with Gasteiger partial charge in [-0.25, -0.2) is 0 Å². The maximum atomic E-state index is 5.72. The average Bonchev–Trinajstić information content (AvgIpc) is 1.88. The Kier molecular flexibility index (Phi) is 2.25. The lowest BCUT2D eigenvalue weighted by Crippen LogP contribution is -2.39. The van der Waals surface area contributed by atoms with E-state index in [1.165, 1.54) is 0 Å². The predicted octanol–water partition coefficient (Wildman–Crippen LogP) is 0.845. The molecule has 0 aromatic heterocycles. The maximum absolute atomic E-state index is 5.72. The molecule has 56 valence electrons. The van der Waals surface area contributed by atoms with Crippen LogP contribution in [0.25, 0.3) is 0 Å². The number of ether oxygens (including phenoxy) is 1. The Bertz CT molecular complexity index is 153. The van der Waals surface area contributed by atoms with Crippen LogP contribution < -0.4 is 5.73 Å². The van der Waals surface area contributed by atoms with Crippen LogP contribution in [0.2, 0.25) is 0 Å². The molecule has 0 spiro atoms. The summed E-state index contributed by atoms with van der Waals surface area (Å²) in [5.41, 5.74) is 6.80. The molecule has 10 heavy (non-hydrogen) atoms. The highest BCUT2D eigenvalue weighted by Crippen LogP contribution is 2.15. The standard InChI is InChI=1S/C8H13NO/c1-3-8-7(9)4-6(2)5-10-8/h3,7-8H,1-2,4-5,9H2. The summed E-state index contributed by atoms with van der Waals surface area (Å²) in [6.07, 6.45) is 2.62. The van der Waals surface area contributed by atoms with Gasteiger partial charge in [-0.3, -0.25) is 0 Å². The molecule has 2 N–H and O–H groups in total.